The molecule has 0 heterocycles. The number of hydrogen-bond acceptors (Lipinski definition) is 7. The van der Waals surface area contributed by atoms with Gasteiger partial charge in [0.25, 0.3) is 0 Å². The number of hydrogen-bond donors (Lipinski definition) is 2. The predicted octanol–water partition coefficient (Wildman–Crippen LogP) is 10.3. The number of carbonyl (C=O) groups excluding carboxylic acids is 1. The molecule has 0 aliphatic heterocycles. The molecule has 0 radical (unpaired) electrons. The van der Waals surface area contributed by atoms with Crippen LogP contribution in [0.25, 0.3) is 0 Å². The third-order valence-electron chi connectivity index (χ3n) is 7.78. The molecule has 0 spiro atoms. The minimum absolute atomic E-state index is 0.0375. The van der Waals surface area contributed by atoms with Gasteiger partial charge in [0.05, 0.1) is 19.5 Å². The molecular formula is C35H70NO7P. The van der Waals surface area contributed by atoms with Crippen molar-refractivity contribution in [2.24, 2.45) is 5.73 Å². The van der Waals surface area contributed by atoms with E-state index in [1.54, 1.807) is 6.26 Å². The Morgan fingerprint density at radius 1 is 0.682 bits per heavy atom. The molecular weight excluding hydrogens is 577 g/mol. The number of allylic oxidation sites excluding steroid dienone is 1. The second kappa shape index (κ2) is 33.4. The zero-order chi connectivity index (χ0) is 32.4. The van der Waals surface area contributed by atoms with Crippen molar-refractivity contribution < 1.29 is 32.8 Å². The van der Waals surface area contributed by atoms with Gasteiger partial charge in [-0.05, 0) is 25.3 Å². The minimum Gasteiger partial charge on any atom is -0.498 e. The van der Waals surface area contributed by atoms with E-state index in [1.165, 1.54) is 122 Å². The fourth-order valence-corrected chi connectivity index (χ4v) is 5.84. The molecule has 0 aromatic rings. The molecule has 0 aromatic heterocycles. The molecule has 0 rings (SSSR count). The molecule has 8 nitrogen and oxygen atoms in total. The quantitative estimate of drug-likeness (QED) is 0.0302. The van der Waals surface area contributed by atoms with Gasteiger partial charge in [-0.3, -0.25) is 13.8 Å². The first-order valence-corrected chi connectivity index (χ1v) is 19.7. The van der Waals surface area contributed by atoms with E-state index in [4.69, 9.17) is 24.3 Å². The summed E-state index contributed by atoms with van der Waals surface area (Å²) in [5.41, 5.74) is 5.34. The lowest BCUT2D eigenvalue weighted by Crippen LogP contribution is -2.27. The van der Waals surface area contributed by atoms with Crippen LogP contribution in [0.1, 0.15) is 174 Å². The van der Waals surface area contributed by atoms with Crippen molar-refractivity contribution in [3.05, 3.63) is 12.3 Å². The lowest BCUT2D eigenvalue weighted by Gasteiger charge is -2.19. The number of ether oxygens (including phenoxy) is 2. The number of carbonyl (C=O) groups is 1. The lowest BCUT2D eigenvalue weighted by atomic mass is 10.0. The third kappa shape index (κ3) is 32.5. The molecule has 0 aromatic carbocycles. The summed E-state index contributed by atoms with van der Waals surface area (Å²) in [6.07, 6.45) is 33.1. The normalized spacial score (nSPS) is 13.7. The Morgan fingerprint density at radius 3 is 1.61 bits per heavy atom. The number of phosphoric acid groups is 1. The Kier molecular flexibility index (Phi) is 32.7. The van der Waals surface area contributed by atoms with E-state index in [-0.39, 0.29) is 32.3 Å². The largest absolute Gasteiger partial charge is 0.498 e. The number of nitrogens with two attached hydrogens (primary N) is 1. The van der Waals surface area contributed by atoms with Gasteiger partial charge in [0.15, 0.2) is 6.10 Å². The molecule has 3 N–H and O–H groups in total. The van der Waals surface area contributed by atoms with Gasteiger partial charge in [-0.15, -0.1) is 0 Å². The number of unbranched alkanes of at least 4 members (excludes halogenated alkanes) is 22. The molecule has 0 bridgehead atoms. The maximum absolute atomic E-state index is 12.5. The molecule has 2 atom stereocenters. The second-order valence-electron chi connectivity index (χ2n) is 12.2. The molecule has 0 aliphatic carbocycles. The van der Waals surface area contributed by atoms with Gasteiger partial charge in [0.1, 0.15) is 6.61 Å². The van der Waals surface area contributed by atoms with Crippen molar-refractivity contribution >= 4 is 13.8 Å². The van der Waals surface area contributed by atoms with E-state index in [0.717, 1.165) is 32.1 Å². The summed E-state index contributed by atoms with van der Waals surface area (Å²) in [6, 6.07) is 0. The van der Waals surface area contributed by atoms with Crippen molar-refractivity contribution in [2.75, 3.05) is 26.4 Å². The fraction of sp³-hybridized carbons (Fsp3) is 0.914. The van der Waals surface area contributed by atoms with Crippen molar-refractivity contribution in [1.29, 1.82) is 0 Å². The highest BCUT2D eigenvalue weighted by Crippen LogP contribution is 2.43. The maximum atomic E-state index is 12.5. The highest BCUT2D eigenvalue weighted by atomic mass is 31.2. The van der Waals surface area contributed by atoms with Crippen LogP contribution in [0.3, 0.4) is 0 Å². The average Bonchev–Trinajstić information content (AvgIpc) is 3.01. The minimum atomic E-state index is -4.28. The molecule has 0 saturated heterocycles. The van der Waals surface area contributed by atoms with Crippen LogP contribution in [0.2, 0.25) is 0 Å². The van der Waals surface area contributed by atoms with Crippen LogP contribution in [0, 0.1) is 0 Å². The van der Waals surface area contributed by atoms with E-state index < -0.39 is 13.9 Å². The first kappa shape index (κ1) is 43.1. The predicted molar refractivity (Wildman–Crippen MR) is 183 cm³/mol. The van der Waals surface area contributed by atoms with Crippen LogP contribution in [0.5, 0.6) is 0 Å². The summed E-state index contributed by atoms with van der Waals surface area (Å²) < 4.78 is 33.0. The number of esters is 1. The number of rotatable bonds is 35. The SMILES string of the molecule is CCCCCCCCCCCCCCC=COCC(COP(=O)(O)OCCN)OC(=O)CCCCCCCCCCCCC. The standard InChI is InChI=1S/C35H70NO7P/c1-3-5-7-9-11-13-15-16-17-19-21-23-25-27-30-40-32-34(33-42-44(38,39)41-31-29-36)43-35(37)28-26-24-22-20-18-14-12-10-8-6-4-2/h27,30,34H,3-26,28-29,31-33,36H2,1-2H3,(H,38,39). The van der Waals surface area contributed by atoms with Gasteiger partial charge in [-0.1, -0.05) is 149 Å². The van der Waals surface area contributed by atoms with Crippen molar-refractivity contribution in [2.45, 2.75) is 180 Å². The summed E-state index contributed by atoms with van der Waals surface area (Å²) >= 11 is 0. The zero-order valence-electron chi connectivity index (χ0n) is 28.7. The molecule has 0 aliphatic rings. The number of phosphoric ester groups is 1. The first-order valence-electron chi connectivity index (χ1n) is 18.2. The molecule has 2 unspecified atom stereocenters. The van der Waals surface area contributed by atoms with Crippen LogP contribution in [-0.4, -0.2) is 43.3 Å². The monoisotopic (exact) mass is 647 g/mol. The maximum Gasteiger partial charge on any atom is 0.472 e. The Labute approximate surface area is 271 Å². The summed E-state index contributed by atoms with van der Waals surface area (Å²) in [5, 5.41) is 0. The van der Waals surface area contributed by atoms with Crippen LogP contribution in [0.4, 0.5) is 0 Å². The molecule has 262 valence electrons. The van der Waals surface area contributed by atoms with Crippen molar-refractivity contribution in [3.8, 4) is 0 Å². The van der Waals surface area contributed by atoms with Crippen molar-refractivity contribution in [1.82, 2.24) is 0 Å². The Morgan fingerprint density at radius 2 is 1.14 bits per heavy atom. The molecule has 0 fully saturated rings. The smallest absolute Gasteiger partial charge is 0.472 e. The van der Waals surface area contributed by atoms with Crippen LogP contribution in [-0.2, 0) is 27.9 Å². The van der Waals surface area contributed by atoms with Gasteiger partial charge >= 0.3 is 13.8 Å². The van der Waals surface area contributed by atoms with Gasteiger partial charge < -0.3 is 20.1 Å². The lowest BCUT2D eigenvalue weighted by molar-refractivity contribution is -0.153. The van der Waals surface area contributed by atoms with Gasteiger partial charge in [-0.25, -0.2) is 4.57 Å². The second-order valence-corrected chi connectivity index (χ2v) is 13.6. The first-order chi connectivity index (χ1) is 21.4. The fourth-order valence-electron chi connectivity index (χ4n) is 5.08. The summed E-state index contributed by atoms with van der Waals surface area (Å²) in [4.78, 5) is 22.3. The Bertz CT molecular complexity index is 692. The highest BCUT2D eigenvalue weighted by Gasteiger charge is 2.25. The Hall–Kier alpha value is -0.920. The van der Waals surface area contributed by atoms with E-state index in [0.29, 0.717) is 6.42 Å². The summed E-state index contributed by atoms with van der Waals surface area (Å²) in [7, 11) is -4.28. The van der Waals surface area contributed by atoms with E-state index in [9.17, 15) is 14.3 Å². The zero-order valence-corrected chi connectivity index (χ0v) is 29.6. The van der Waals surface area contributed by atoms with Gasteiger partial charge in [0, 0.05) is 13.0 Å². The van der Waals surface area contributed by atoms with E-state index in [1.807, 2.05) is 6.08 Å². The van der Waals surface area contributed by atoms with E-state index >= 15 is 0 Å². The van der Waals surface area contributed by atoms with Crippen LogP contribution < -0.4 is 5.73 Å². The van der Waals surface area contributed by atoms with Crippen LogP contribution >= 0.6 is 7.82 Å². The molecule has 44 heavy (non-hydrogen) atoms. The summed E-state index contributed by atoms with van der Waals surface area (Å²) in [5.74, 6) is -0.353. The van der Waals surface area contributed by atoms with E-state index in [2.05, 4.69) is 13.8 Å². The van der Waals surface area contributed by atoms with Gasteiger partial charge in [0.2, 0.25) is 0 Å². The van der Waals surface area contributed by atoms with Gasteiger partial charge in [-0.2, -0.15) is 0 Å². The molecule has 9 heteroatoms. The molecule has 0 amide bonds. The summed E-state index contributed by atoms with van der Waals surface area (Å²) in [6.45, 7) is 4.24. The average molecular weight is 648 g/mol. The highest BCUT2D eigenvalue weighted by molar-refractivity contribution is 7.47. The van der Waals surface area contributed by atoms with Crippen LogP contribution in [0.15, 0.2) is 12.3 Å². The topological polar surface area (TPSA) is 117 Å². The Balaban J connectivity index is 4.14. The molecule has 0 saturated carbocycles. The van der Waals surface area contributed by atoms with Crippen molar-refractivity contribution in [3.63, 3.8) is 0 Å². The third-order valence-corrected chi connectivity index (χ3v) is 8.76.